The van der Waals surface area contributed by atoms with Gasteiger partial charge in [-0.3, -0.25) is 0 Å². The van der Waals surface area contributed by atoms with Crippen LogP contribution in [0.3, 0.4) is 0 Å². The fraction of sp³-hybridized carbons (Fsp3) is 0.364. The van der Waals surface area contributed by atoms with E-state index < -0.39 is 0 Å². The summed E-state index contributed by atoms with van der Waals surface area (Å²) in [4.78, 5) is 12.4. The maximum atomic E-state index is 10.2. The Bertz CT molecular complexity index is 1140. The van der Waals surface area contributed by atoms with Crippen molar-refractivity contribution in [2.75, 3.05) is 12.4 Å². The highest BCUT2D eigenvalue weighted by molar-refractivity contribution is 7.22. The zero-order chi connectivity index (χ0) is 19.8. The highest BCUT2D eigenvalue weighted by Gasteiger charge is 2.24. The largest absolute Gasteiger partial charge is 0.391 e. The molecule has 7 heteroatoms. The van der Waals surface area contributed by atoms with Crippen LogP contribution in [0.1, 0.15) is 42.9 Å². The zero-order valence-electron chi connectivity index (χ0n) is 16.3. The van der Waals surface area contributed by atoms with Crippen LogP contribution in [0, 0.1) is 0 Å². The molecule has 5 rings (SSSR count). The molecule has 1 fully saturated rings. The van der Waals surface area contributed by atoms with Gasteiger partial charge in [0, 0.05) is 30.5 Å². The molecular formula is C22H24N4O2S. The summed E-state index contributed by atoms with van der Waals surface area (Å²) in [7, 11) is 1.72. The van der Waals surface area contributed by atoms with Gasteiger partial charge in [0.05, 0.1) is 22.4 Å². The molecule has 0 bridgehead atoms. The average molecular weight is 409 g/mol. The predicted octanol–water partition coefficient (Wildman–Crippen LogP) is 4.62. The van der Waals surface area contributed by atoms with Gasteiger partial charge < -0.3 is 20.1 Å². The smallest absolute Gasteiger partial charge is 0.184 e. The molecular weight excluding hydrogens is 384 g/mol. The third kappa shape index (κ3) is 3.50. The Kier molecular flexibility index (Phi) is 4.95. The standard InChI is InChI=1S/C22H24N4O2S/c1-28-20(15-12-24-21-14(15)5-4-10-23-21)13-8-9-19-17(11-13)26-22(29-19)25-16-6-2-3-7-18(16)27/h4-5,8-12,16,18,20,27H,2-3,6-7H2,1H3,(H,23,24)(H,25,26)/t16-,18-,20?/m1/s1. The Labute approximate surface area is 173 Å². The van der Waals surface area contributed by atoms with Gasteiger partial charge in [-0.15, -0.1) is 0 Å². The second kappa shape index (κ2) is 7.74. The number of ether oxygens (including phenoxy) is 1. The van der Waals surface area contributed by atoms with E-state index in [9.17, 15) is 5.11 Å². The number of anilines is 1. The number of nitrogens with zero attached hydrogens (tertiary/aromatic N) is 2. The minimum atomic E-state index is -0.292. The molecule has 3 atom stereocenters. The zero-order valence-corrected chi connectivity index (χ0v) is 17.1. The van der Waals surface area contributed by atoms with Crippen molar-refractivity contribution >= 4 is 37.7 Å². The lowest BCUT2D eigenvalue weighted by Gasteiger charge is -2.27. The van der Waals surface area contributed by atoms with Gasteiger partial charge in [0.25, 0.3) is 0 Å². The lowest BCUT2D eigenvalue weighted by Crippen LogP contribution is -2.36. The molecule has 4 aromatic rings. The Morgan fingerprint density at radius 2 is 2.17 bits per heavy atom. The summed E-state index contributed by atoms with van der Waals surface area (Å²) in [6.45, 7) is 0. The van der Waals surface area contributed by atoms with E-state index in [1.165, 1.54) is 0 Å². The molecule has 1 unspecified atom stereocenters. The van der Waals surface area contributed by atoms with Crippen LogP contribution in [0.15, 0.2) is 42.7 Å². The van der Waals surface area contributed by atoms with Gasteiger partial charge >= 0.3 is 0 Å². The van der Waals surface area contributed by atoms with Gasteiger partial charge in [-0.25, -0.2) is 9.97 Å². The Morgan fingerprint density at radius 3 is 3.03 bits per heavy atom. The second-order valence-electron chi connectivity index (χ2n) is 7.61. The van der Waals surface area contributed by atoms with Crippen molar-refractivity contribution in [2.24, 2.45) is 0 Å². The van der Waals surface area contributed by atoms with E-state index in [2.05, 4.69) is 39.6 Å². The minimum Gasteiger partial charge on any atom is -0.391 e. The molecule has 1 aromatic carbocycles. The molecule has 1 aliphatic carbocycles. The summed E-state index contributed by atoms with van der Waals surface area (Å²) < 4.78 is 6.98. The molecule has 29 heavy (non-hydrogen) atoms. The summed E-state index contributed by atoms with van der Waals surface area (Å²) in [5, 5.41) is 15.6. The first kappa shape index (κ1) is 18.5. The first-order valence-corrected chi connectivity index (χ1v) is 10.8. The number of nitrogens with one attached hydrogen (secondary N) is 2. The molecule has 0 amide bonds. The van der Waals surface area contributed by atoms with Crippen molar-refractivity contribution in [1.82, 2.24) is 15.0 Å². The molecule has 0 aliphatic heterocycles. The number of benzene rings is 1. The number of thiazole rings is 1. The highest BCUT2D eigenvalue weighted by Crippen LogP contribution is 2.35. The van der Waals surface area contributed by atoms with Gasteiger partial charge in [-0.2, -0.15) is 0 Å². The summed E-state index contributed by atoms with van der Waals surface area (Å²) in [5.74, 6) is 0. The third-order valence-corrected chi connectivity index (χ3v) is 6.72. The van der Waals surface area contributed by atoms with Crippen LogP contribution in [0.25, 0.3) is 21.3 Å². The van der Waals surface area contributed by atoms with Crippen LogP contribution in [0.2, 0.25) is 0 Å². The molecule has 3 N–H and O–H groups in total. The van der Waals surface area contributed by atoms with Crippen molar-refractivity contribution in [1.29, 1.82) is 0 Å². The van der Waals surface area contributed by atoms with E-state index in [0.717, 1.165) is 63.2 Å². The van der Waals surface area contributed by atoms with Crippen LogP contribution in [0.4, 0.5) is 5.13 Å². The molecule has 0 spiro atoms. The van der Waals surface area contributed by atoms with Crippen LogP contribution < -0.4 is 5.32 Å². The van der Waals surface area contributed by atoms with E-state index in [0.29, 0.717) is 0 Å². The number of aromatic amines is 1. The maximum absolute atomic E-state index is 10.2. The number of rotatable bonds is 5. The first-order chi connectivity index (χ1) is 14.2. The predicted molar refractivity (Wildman–Crippen MR) is 116 cm³/mol. The number of methoxy groups -OCH3 is 1. The van der Waals surface area contributed by atoms with Crippen molar-refractivity contribution in [3.05, 3.63) is 53.9 Å². The number of aliphatic hydroxyl groups excluding tert-OH is 1. The molecule has 3 aromatic heterocycles. The summed E-state index contributed by atoms with van der Waals surface area (Å²) in [6, 6.07) is 10.4. The first-order valence-electron chi connectivity index (χ1n) is 10.0. The van der Waals surface area contributed by atoms with Gasteiger partial charge in [-0.05, 0) is 42.7 Å². The molecule has 6 nitrogen and oxygen atoms in total. The maximum Gasteiger partial charge on any atom is 0.184 e. The van der Waals surface area contributed by atoms with Gasteiger partial charge in [0.1, 0.15) is 11.8 Å². The lowest BCUT2D eigenvalue weighted by atomic mass is 9.93. The minimum absolute atomic E-state index is 0.0919. The van der Waals surface area contributed by atoms with Gasteiger partial charge in [0.15, 0.2) is 5.13 Å². The van der Waals surface area contributed by atoms with E-state index in [-0.39, 0.29) is 18.2 Å². The summed E-state index contributed by atoms with van der Waals surface area (Å²) in [6.07, 6.45) is 7.36. The van der Waals surface area contributed by atoms with Crippen molar-refractivity contribution in [3.8, 4) is 0 Å². The number of aromatic nitrogens is 3. The number of fused-ring (bicyclic) bond motifs is 2. The molecule has 3 heterocycles. The van der Waals surface area contributed by atoms with E-state index in [1.807, 2.05) is 12.3 Å². The molecule has 150 valence electrons. The Morgan fingerprint density at radius 1 is 1.28 bits per heavy atom. The van der Waals surface area contributed by atoms with Gasteiger partial charge in [0.2, 0.25) is 0 Å². The van der Waals surface area contributed by atoms with Crippen LogP contribution in [0.5, 0.6) is 0 Å². The normalized spacial score (nSPS) is 20.9. The molecule has 0 radical (unpaired) electrons. The van der Waals surface area contributed by atoms with E-state index in [4.69, 9.17) is 9.72 Å². The Balaban J connectivity index is 1.45. The van der Waals surface area contributed by atoms with Crippen LogP contribution in [-0.4, -0.2) is 39.3 Å². The third-order valence-electron chi connectivity index (χ3n) is 5.75. The number of hydrogen-bond acceptors (Lipinski definition) is 6. The molecule has 0 saturated heterocycles. The molecule has 1 aliphatic rings. The number of hydrogen-bond donors (Lipinski definition) is 3. The average Bonchev–Trinajstić information content (AvgIpc) is 3.34. The summed E-state index contributed by atoms with van der Waals surface area (Å²) >= 11 is 1.63. The van der Waals surface area contributed by atoms with Crippen LogP contribution >= 0.6 is 11.3 Å². The quantitative estimate of drug-likeness (QED) is 0.449. The van der Waals surface area contributed by atoms with E-state index >= 15 is 0 Å². The Hall–Kier alpha value is -2.48. The van der Waals surface area contributed by atoms with E-state index in [1.54, 1.807) is 24.6 Å². The monoisotopic (exact) mass is 408 g/mol. The van der Waals surface area contributed by atoms with Crippen LogP contribution in [-0.2, 0) is 4.74 Å². The van der Waals surface area contributed by atoms with Crippen molar-refractivity contribution in [3.63, 3.8) is 0 Å². The van der Waals surface area contributed by atoms with Gasteiger partial charge in [-0.1, -0.05) is 30.2 Å². The number of H-pyrrole nitrogens is 1. The number of aliphatic hydroxyl groups is 1. The highest BCUT2D eigenvalue weighted by atomic mass is 32.1. The summed E-state index contributed by atoms with van der Waals surface area (Å²) in [5.41, 5.74) is 3.92. The fourth-order valence-corrected chi connectivity index (χ4v) is 5.15. The molecule has 1 saturated carbocycles. The SMILES string of the molecule is COC(c1ccc2sc(N[C@@H]3CCCC[C@H]3O)nc2c1)c1c[nH]c2ncccc12. The van der Waals surface area contributed by atoms with Crippen molar-refractivity contribution in [2.45, 2.75) is 43.9 Å². The number of pyridine rings is 1. The topological polar surface area (TPSA) is 83.1 Å². The second-order valence-corrected chi connectivity index (χ2v) is 8.64. The fourth-order valence-electron chi connectivity index (χ4n) is 4.24. The van der Waals surface area contributed by atoms with Crippen molar-refractivity contribution < 1.29 is 9.84 Å². The lowest BCUT2D eigenvalue weighted by molar-refractivity contribution is 0.116.